The third-order valence-corrected chi connectivity index (χ3v) is 5.08. The van der Waals surface area contributed by atoms with Gasteiger partial charge in [-0.2, -0.15) is 0 Å². The smallest absolute Gasteiger partial charge is 0.107 e. The number of benzene rings is 1. The first-order chi connectivity index (χ1) is 8.06. The number of thiophene rings is 1. The van der Waals surface area contributed by atoms with Gasteiger partial charge in [0, 0.05) is 15.9 Å². The van der Waals surface area contributed by atoms with Crippen LogP contribution in [0.15, 0.2) is 28.7 Å². The van der Waals surface area contributed by atoms with Crippen molar-refractivity contribution in [2.24, 2.45) is 0 Å². The summed E-state index contributed by atoms with van der Waals surface area (Å²) in [6, 6.07) is 7.94. The number of hydrogen-bond acceptors (Lipinski definition) is 2. The van der Waals surface area contributed by atoms with Crippen molar-refractivity contribution in [1.29, 1.82) is 0 Å². The first-order valence-electron chi connectivity index (χ1n) is 5.00. The van der Waals surface area contributed by atoms with Crippen LogP contribution >= 0.6 is 50.5 Å². The molecule has 1 heterocycles. The van der Waals surface area contributed by atoms with Gasteiger partial charge in [0.2, 0.25) is 0 Å². The Kier molecular flexibility index (Phi) is 4.36. The molecule has 0 saturated heterocycles. The highest BCUT2D eigenvalue weighted by Gasteiger charge is 2.05. The van der Waals surface area contributed by atoms with E-state index in [1.807, 2.05) is 31.2 Å². The summed E-state index contributed by atoms with van der Waals surface area (Å²) < 4.78 is 1.72. The lowest BCUT2D eigenvalue weighted by Crippen LogP contribution is -1.98. The summed E-state index contributed by atoms with van der Waals surface area (Å²) in [4.78, 5) is 1.17. The van der Waals surface area contributed by atoms with Gasteiger partial charge in [-0.05, 0) is 46.6 Å². The maximum atomic E-state index is 6.10. The molecule has 0 bridgehead atoms. The largest absolute Gasteiger partial charge is 0.379 e. The number of aryl methyl sites for hydroxylation is 1. The van der Waals surface area contributed by atoms with Crippen molar-refractivity contribution in [3.63, 3.8) is 0 Å². The fraction of sp³-hybridized carbons (Fsp3) is 0.167. The van der Waals surface area contributed by atoms with Crippen LogP contribution in [0.3, 0.4) is 0 Å². The standard InChI is InChI=1S/C12H10BrCl2NS/c1-7-2-3-10(14)11(4-7)16-6-8-5-9(13)12(15)17-8/h2-5,16H,6H2,1H3. The Balaban J connectivity index is 2.09. The minimum atomic E-state index is 0.721. The molecule has 0 aliphatic rings. The topological polar surface area (TPSA) is 12.0 Å². The van der Waals surface area contributed by atoms with Crippen molar-refractivity contribution in [3.8, 4) is 0 Å². The quantitative estimate of drug-likeness (QED) is 0.744. The van der Waals surface area contributed by atoms with E-state index in [1.165, 1.54) is 10.4 Å². The molecule has 0 radical (unpaired) electrons. The third-order valence-electron chi connectivity index (χ3n) is 2.27. The van der Waals surface area contributed by atoms with Crippen LogP contribution in [0.2, 0.25) is 9.36 Å². The van der Waals surface area contributed by atoms with Crippen LogP contribution < -0.4 is 5.32 Å². The predicted octanol–water partition coefficient (Wildman–Crippen LogP) is 5.74. The SMILES string of the molecule is Cc1ccc(Cl)c(NCc2cc(Br)c(Cl)s2)c1. The third kappa shape index (κ3) is 3.38. The van der Waals surface area contributed by atoms with E-state index < -0.39 is 0 Å². The molecule has 1 aromatic heterocycles. The van der Waals surface area contributed by atoms with E-state index in [0.717, 1.165) is 26.1 Å². The molecular formula is C12H10BrCl2NS. The lowest BCUT2D eigenvalue weighted by Gasteiger charge is -2.07. The molecule has 1 N–H and O–H groups in total. The number of anilines is 1. The van der Waals surface area contributed by atoms with Gasteiger partial charge in [-0.25, -0.2) is 0 Å². The lowest BCUT2D eigenvalue weighted by molar-refractivity contribution is 1.19. The molecule has 5 heteroatoms. The van der Waals surface area contributed by atoms with Gasteiger partial charge in [0.25, 0.3) is 0 Å². The Hall–Kier alpha value is -0.220. The first kappa shape index (κ1) is 13.2. The molecule has 0 amide bonds. The van der Waals surface area contributed by atoms with E-state index in [2.05, 4.69) is 21.2 Å². The van der Waals surface area contributed by atoms with Crippen LogP contribution in [0.1, 0.15) is 10.4 Å². The highest BCUT2D eigenvalue weighted by atomic mass is 79.9. The van der Waals surface area contributed by atoms with Crippen LogP contribution in [0.25, 0.3) is 0 Å². The van der Waals surface area contributed by atoms with Gasteiger partial charge in [-0.15, -0.1) is 11.3 Å². The van der Waals surface area contributed by atoms with E-state index in [4.69, 9.17) is 23.2 Å². The fourth-order valence-electron chi connectivity index (χ4n) is 1.44. The maximum Gasteiger partial charge on any atom is 0.107 e. The summed E-state index contributed by atoms with van der Waals surface area (Å²) >= 11 is 17.0. The van der Waals surface area contributed by atoms with Gasteiger partial charge in [0.05, 0.1) is 10.7 Å². The van der Waals surface area contributed by atoms with Crippen molar-refractivity contribution in [2.45, 2.75) is 13.5 Å². The zero-order chi connectivity index (χ0) is 12.4. The number of hydrogen-bond donors (Lipinski definition) is 1. The minimum Gasteiger partial charge on any atom is -0.379 e. The lowest BCUT2D eigenvalue weighted by atomic mass is 10.2. The number of nitrogens with one attached hydrogen (secondary N) is 1. The average molecular weight is 351 g/mol. The maximum absolute atomic E-state index is 6.10. The van der Waals surface area contributed by atoms with Crippen molar-refractivity contribution in [2.75, 3.05) is 5.32 Å². The second-order valence-electron chi connectivity index (χ2n) is 3.67. The average Bonchev–Trinajstić information content (AvgIpc) is 2.60. The summed E-state index contributed by atoms with van der Waals surface area (Å²) in [6.07, 6.45) is 0. The van der Waals surface area contributed by atoms with Gasteiger partial charge < -0.3 is 5.32 Å². The van der Waals surface area contributed by atoms with Crippen molar-refractivity contribution in [3.05, 3.63) is 48.5 Å². The van der Waals surface area contributed by atoms with Crippen LogP contribution in [0, 0.1) is 6.92 Å². The molecule has 2 aromatic rings. The summed E-state index contributed by atoms with van der Waals surface area (Å²) in [5.74, 6) is 0. The summed E-state index contributed by atoms with van der Waals surface area (Å²) in [6.45, 7) is 2.76. The second-order valence-corrected chi connectivity index (χ2v) is 6.67. The summed E-state index contributed by atoms with van der Waals surface area (Å²) in [5.41, 5.74) is 2.13. The van der Waals surface area contributed by atoms with Crippen molar-refractivity contribution in [1.82, 2.24) is 0 Å². The molecule has 0 aliphatic carbocycles. The molecule has 0 spiro atoms. The van der Waals surface area contributed by atoms with E-state index in [0.29, 0.717) is 0 Å². The summed E-state index contributed by atoms with van der Waals surface area (Å²) in [5, 5.41) is 4.04. The molecule has 0 unspecified atom stereocenters. The van der Waals surface area contributed by atoms with Gasteiger partial charge in [-0.1, -0.05) is 29.3 Å². The molecular weight excluding hydrogens is 341 g/mol. The Morgan fingerprint density at radius 3 is 2.71 bits per heavy atom. The molecule has 0 aliphatic heterocycles. The Morgan fingerprint density at radius 2 is 2.06 bits per heavy atom. The molecule has 2 rings (SSSR count). The fourth-order valence-corrected chi connectivity index (χ4v) is 3.35. The van der Waals surface area contributed by atoms with Gasteiger partial charge >= 0.3 is 0 Å². The zero-order valence-corrected chi connectivity index (χ0v) is 13.0. The molecule has 1 nitrogen and oxygen atoms in total. The zero-order valence-electron chi connectivity index (χ0n) is 9.06. The van der Waals surface area contributed by atoms with E-state index in [1.54, 1.807) is 11.3 Å². The highest BCUT2D eigenvalue weighted by Crippen LogP contribution is 2.32. The van der Waals surface area contributed by atoms with Gasteiger partial charge in [0.15, 0.2) is 0 Å². The molecule has 0 atom stereocenters. The molecule has 90 valence electrons. The highest BCUT2D eigenvalue weighted by molar-refractivity contribution is 9.10. The normalized spacial score (nSPS) is 10.6. The van der Waals surface area contributed by atoms with Crippen LogP contribution in [-0.4, -0.2) is 0 Å². The van der Waals surface area contributed by atoms with E-state index in [9.17, 15) is 0 Å². The molecule has 0 fully saturated rings. The Labute approximate surface area is 123 Å². The summed E-state index contributed by atoms with van der Waals surface area (Å²) in [7, 11) is 0. The first-order valence-corrected chi connectivity index (χ1v) is 7.36. The van der Waals surface area contributed by atoms with E-state index >= 15 is 0 Å². The molecule has 0 saturated carbocycles. The van der Waals surface area contributed by atoms with Gasteiger partial charge in [-0.3, -0.25) is 0 Å². The number of halogens is 3. The van der Waals surface area contributed by atoms with Crippen LogP contribution in [-0.2, 0) is 6.54 Å². The van der Waals surface area contributed by atoms with Crippen molar-refractivity contribution < 1.29 is 0 Å². The van der Waals surface area contributed by atoms with E-state index in [-0.39, 0.29) is 0 Å². The molecule has 1 aromatic carbocycles. The van der Waals surface area contributed by atoms with Crippen LogP contribution in [0.4, 0.5) is 5.69 Å². The Bertz CT molecular complexity index is 520. The van der Waals surface area contributed by atoms with Crippen LogP contribution in [0.5, 0.6) is 0 Å². The van der Waals surface area contributed by atoms with Gasteiger partial charge in [0.1, 0.15) is 4.34 Å². The monoisotopic (exact) mass is 349 g/mol. The molecule has 17 heavy (non-hydrogen) atoms. The predicted molar refractivity (Wildman–Crippen MR) is 80.5 cm³/mol. The Morgan fingerprint density at radius 1 is 1.29 bits per heavy atom. The van der Waals surface area contributed by atoms with Crippen molar-refractivity contribution >= 4 is 56.2 Å². The number of rotatable bonds is 3. The second kappa shape index (κ2) is 5.61. The minimum absolute atomic E-state index is 0.721.